The predicted molar refractivity (Wildman–Crippen MR) is 155 cm³/mol. The number of hydrogen-bond acceptors (Lipinski definition) is 6. The normalized spacial score (nSPS) is 21.8. The van der Waals surface area contributed by atoms with Gasteiger partial charge in [0.05, 0.1) is 12.7 Å². The third-order valence-electron chi connectivity index (χ3n) is 9.56. The van der Waals surface area contributed by atoms with Gasteiger partial charge in [0.1, 0.15) is 17.9 Å². The molecule has 46 heavy (non-hydrogen) atoms. The number of Topliss-reactive ketones (excluding diaryl/α,β-unsaturated/α-hetero) is 1. The summed E-state index contributed by atoms with van der Waals surface area (Å²) in [6.45, 7) is 2.30. The Bertz CT molecular complexity index is 1750. The monoisotopic (exact) mass is 638 g/mol. The Hall–Kier alpha value is -4.59. The SMILES string of the molecule is O=C1C[C@]2(NC(=O)N(CC(=O)N(Cc3ccc(F)cc3)C3(C(F)(F)F)CC3)C2=O)c2ccc(-c3cnn(CCN4CCC4)c3)cc21. The highest BCUT2D eigenvalue weighted by Gasteiger charge is 2.68. The average Bonchev–Trinajstić information content (AvgIpc) is 3.52. The third-order valence-corrected chi connectivity index (χ3v) is 9.56. The fourth-order valence-electron chi connectivity index (χ4n) is 6.61. The minimum Gasteiger partial charge on any atom is -0.322 e. The van der Waals surface area contributed by atoms with E-state index in [-0.39, 0.29) is 36.0 Å². The Morgan fingerprint density at radius 1 is 1.00 bits per heavy atom. The minimum atomic E-state index is -4.76. The first-order chi connectivity index (χ1) is 21.9. The summed E-state index contributed by atoms with van der Waals surface area (Å²) in [5.41, 5.74) is -2.00. The number of carbonyl (C=O) groups is 4. The molecule has 2 aliphatic heterocycles. The highest BCUT2D eigenvalue weighted by atomic mass is 19.4. The summed E-state index contributed by atoms with van der Waals surface area (Å²) in [6.07, 6.45) is -1.07. The van der Waals surface area contributed by atoms with Crippen molar-refractivity contribution in [3.05, 3.63) is 77.4 Å². The maximum Gasteiger partial charge on any atom is 0.411 e. The van der Waals surface area contributed by atoms with Crippen LogP contribution in [0.25, 0.3) is 11.1 Å². The first-order valence-corrected chi connectivity index (χ1v) is 15.1. The largest absolute Gasteiger partial charge is 0.411 e. The van der Waals surface area contributed by atoms with Crippen LogP contribution in [-0.2, 0) is 28.2 Å². The zero-order valence-electron chi connectivity index (χ0n) is 24.6. The van der Waals surface area contributed by atoms with Crippen LogP contribution in [0.3, 0.4) is 0 Å². The standard InChI is InChI=1S/C32H30F4N6O4/c33-23-5-2-20(3-6-23)17-42(30(8-9-30)32(34,35)36)27(44)19-41-28(45)31(38-29(41)46)15-26(43)24-14-21(4-7-25(24)31)22-16-37-40(18-22)13-12-39-10-1-11-39/h2-7,14,16,18H,1,8-13,15,17,19H2,(H,38,46)/t31-/m0/s1. The molecule has 1 saturated carbocycles. The van der Waals surface area contributed by atoms with Gasteiger partial charge in [-0.15, -0.1) is 0 Å². The number of likely N-dealkylation sites (tertiary alicyclic amines) is 1. The van der Waals surface area contributed by atoms with Crippen LogP contribution in [-0.4, -0.2) is 86.0 Å². The van der Waals surface area contributed by atoms with Crippen molar-refractivity contribution in [3.8, 4) is 11.1 Å². The number of fused-ring (bicyclic) bond motifs is 2. The Kier molecular flexibility index (Phi) is 7.03. The number of amides is 4. The van der Waals surface area contributed by atoms with Gasteiger partial charge in [-0.05, 0) is 67.2 Å². The van der Waals surface area contributed by atoms with E-state index < -0.39 is 59.8 Å². The molecule has 2 saturated heterocycles. The molecule has 4 aliphatic rings. The number of halogens is 4. The van der Waals surface area contributed by atoms with E-state index in [4.69, 9.17) is 0 Å². The number of rotatable bonds is 9. The van der Waals surface area contributed by atoms with E-state index in [1.807, 2.05) is 10.9 Å². The summed E-state index contributed by atoms with van der Waals surface area (Å²) in [5.74, 6) is -2.96. The van der Waals surface area contributed by atoms with E-state index in [0.717, 1.165) is 37.3 Å². The molecule has 1 N–H and O–H groups in total. The van der Waals surface area contributed by atoms with Crippen LogP contribution < -0.4 is 5.32 Å². The molecular weight excluding hydrogens is 608 g/mol. The van der Waals surface area contributed by atoms with Crippen LogP contribution in [0.4, 0.5) is 22.4 Å². The molecule has 0 unspecified atom stereocenters. The van der Waals surface area contributed by atoms with E-state index in [1.165, 1.54) is 18.6 Å². The lowest BCUT2D eigenvalue weighted by molar-refractivity contribution is -0.202. The molecule has 3 fully saturated rings. The number of nitrogens with zero attached hydrogens (tertiary/aromatic N) is 5. The van der Waals surface area contributed by atoms with E-state index in [2.05, 4.69) is 15.3 Å². The van der Waals surface area contributed by atoms with Gasteiger partial charge in [-0.3, -0.25) is 24.0 Å². The van der Waals surface area contributed by atoms with Crippen molar-refractivity contribution in [2.24, 2.45) is 0 Å². The Balaban J connectivity index is 1.11. The van der Waals surface area contributed by atoms with E-state index in [9.17, 15) is 36.7 Å². The quantitative estimate of drug-likeness (QED) is 0.282. The number of hydrogen-bond donors (Lipinski definition) is 1. The second kappa shape index (κ2) is 10.7. The highest BCUT2D eigenvalue weighted by Crippen LogP contribution is 2.54. The van der Waals surface area contributed by atoms with E-state index >= 15 is 0 Å². The van der Waals surface area contributed by atoms with Crippen LogP contribution in [0.15, 0.2) is 54.9 Å². The second-order valence-electron chi connectivity index (χ2n) is 12.4. The molecule has 0 radical (unpaired) electrons. The van der Waals surface area contributed by atoms with Crippen molar-refractivity contribution in [1.29, 1.82) is 0 Å². The van der Waals surface area contributed by atoms with Gasteiger partial charge >= 0.3 is 12.2 Å². The number of nitrogens with one attached hydrogen (secondary N) is 1. The van der Waals surface area contributed by atoms with Crippen molar-refractivity contribution >= 4 is 23.6 Å². The zero-order chi connectivity index (χ0) is 32.4. The molecule has 3 aromatic rings. The molecule has 0 bridgehead atoms. The molecule has 4 amide bonds. The number of urea groups is 1. The third kappa shape index (κ3) is 4.95. The Morgan fingerprint density at radius 3 is 2.39 bits per heavy atom. The topological polar surface area (TPSA) is 108 Å². The number of imide groups is 1. The van der Waals surface area contributed by atoms with Crippen molar-refractivity contribution in [2.45, 2.75) is 56.0 Å². The van der Waals surface area contributed by atoms with Gasteiger partial charge in [-0.2, -0.15) is 18.3 Å². The first-order valence-electron chi connectivity index (χ1n) is 15.1. The predicted octanol–water partition coefficient (Wildman–Crippen LogP) is 3.85. The van der Waals surface area contributed by atoms with Crippen LogP contribution >= 0.6 is 0 Å². The van der Waals surface area contributed by atoms with Gasteiger partial charge in [0, 0.05) is 36.8 Å². The van der Waals surface area contributed by atoms with Crippen LogP contribution in [0.5, 0.6) is 0 Å². The Morgan fingerprint density at radius 2 is 1.74 bits per heavy atom. The maximum absolute atomic E-state index is 14.2. The van der Waals surface area contributed by atoms with Crippen molar-refractivity contribution in [2.75, 3.05) is 26.2 Å². The smallest absolute Gasteiger partial charge is 0.322 e. The molecule has 3 heterocycles. The van der Waals surface area contributed by atoms with Gasteiger partial charge < -0.3 is 15.1 Å². The van der Waals surface area contributed by atoms with Gasteiger partial charge in [-0.25, -0.2) is 9.18 Å². The van der Waals surface area contributed by atoms with Crippen LogP contribution in [0.2, 0.25) is 0 Å². The van der Waals surface area contributed by atoms with Crippen LogP contribution in [0.1, 0.15) is 47.2 Å². The second-order valence-corrected chi connectivity index (χ2v) is 12.4. The number of alkyl halides is 3. The Labute approximate surface area is 260 Å². The fourth-order valence-corrected chi connectivity index (χ4v) is 6.61. The summed E-state index contributed by atoms with van der Waals surface area (Å²) in [6, 6.07) is 8.66. The lowest BCUT2D eigenvalue weighted by Crippen LogP contribution is -2.54. The van der Waals surface area contributed by atoms with Gasteiger partial charge in [0.15, 0.2) is 11.3 Å². The molecule has 1 atom stereocenters. The molecule has 1 aromatic heterocycles. The summed E-state index contributed by atoms with van der Waals surface area (Å²) in [4.78, 5) is 57.2. The van der Waals surface area contributed by atoms with Crippen molar-refractivity contribution < 1.29 is 36.7 Å². The minimum absolute atomic E-state index is 0.236. The van der Waals surface area contributed by atoms with Gasteiger partial charge in [0.25, 0.3) is 5.91 Å². The summed E-state index contributed by atoms with van der Waals surface area (Å²) >= 11 is 0. The lowest BCUT2D eigenvalue weighted by Gasteiger charge is -2.34. The van der Waals surface area contributed by atoms with Crippen molar-refractivity contribution in [3.63, 3.8) is 0 Å². The number of carbonyl (C=O) groups excluding carboxylic acids is 4. The molecule has 14 heteroatoms. The fraction of sp³-hybridized carbons (Fsp3) is 0.406. The maximum atomic E-state index is 14.2. The molecule has 10 nitrogen and oxygen atoms in total. The molecule has 2 aliphatic carbocycles. The summed E-state index contributed by atoms with van der Waals surface area (Å²) in [7, 11) is 0. The van der Waals surface area contributed by atoms with Crippen molar-refractivity contribution in [1.82, 2.24) is 29.8 Å². The summed E-state index contributed by atoms with van der Waals surface area (Å²) < 4.78 is 57.8. The number of aromatic nitrogens is 2. The van der Waals surface area contributed by atoms with Gasteiger partial charge in [0.2, 0.25) is 5.91 Å². The molecule has 240 valence electrons. The summed E-state index contributed by atoms with van der Waals surface area (Å²) in [5, 5.41) is 6.97. The van der Waals surface area contributed by atoms with Crippen LogP contribution in [0, 0.1) is 5.82 Å². The van der Waals surface area contributed by atoms with Gasteiger partial charge in [-0.1, -0.05) is 24.3 Å². The molecule has 1 spiro atoms. The number of ketones is 1. The first kappa shape index (κ1) is 30.1. The van der Waals surface area contributed by atoms with E-state index in [1.54, 1.807) is 24.4 Å². The highest BCUT2D eigenvalue weighted by molar-refractivity contribution is 6.17. The average molecular weight is 639 g/mol. The number of benzene rings is 2. The van der Waals surface area contributed by atoms with E-state index in [0.29, 0.717) is 21.9 Å². The lowest BCUT2D eigenvalue weighted by atomic mass is 9.90. The molecule has 2 aromatic carbocycles. The molecule has 7 rings (SSSR count). The zero-order valence-corrected chi connectivity index (χ0v) is 24.6. The molecular formula is C32H30F4N6O4.